The van der Waals surface area contributed by atoms with E-state index in [4.69, 9.17) is 0 Å². The van der Waals surface area contributed by atoms with Crippen molar-refractivity contribution in [3.8, 4) is 0 Å². The van der Waals surface area contributed by atoms with Gasteiger partial charge in [-0.05, 0) is 16.6 Å². The van der Waals surface area contributed by atoms with Crippen LogP contribution in [0, 0.1) is 0 Å². The van der Waals surface area contributed by atoms with Crippen LogP contribution in [0.25, 0.3) is 0 Å². The van der Waals surface area contributed by atoms with Crippen molar-refractivity contribution in [1.82, 2.24) is 0 Å². The van der Waals surface area contributed by atoms with Gasteiger partial charge in [-0.2, -0.15) is 0 Å². The minimum absolute atomic E-state index is 0.455. The maximum Gasteiger partial charge on any atom is 0.127 e. The molecular weight excluding hydrogens is 373 g/mol. The first-order valence-corrected chi connectivity index (χ1v) is 16.5. The van der Waals surface area contributed by atoms with Crippen LogP contribution in [0.2, 0.25) is 16.6 Å². The van der Waals surface area contributed by atoms with Gasteiger partial charge in [0.1, 0.15) is 24.2 Å². The van der Waals surface area contributed by atoms with Crippen molar-refractivity contribution >= 4 is 24.2 Å². The Morgan fingerprint density at radius 2 is 0.778 bits per heavy atom. The summed E-state index contributed by atoms with van der Waals surface area (Å²) >= 11 is 0. The Labute approximate surface area is 170 Å². The van der Waals surface area contributed by atoms with E-state index in [9.17, 15) is 0 Å². The van der Waals surface area contributed by atoms with Crippen LogP contribution in [0.5, 0.6) is 0 Å². The first-order valence-electron chi connectivity index (χ1n) is 9.60. The van der Waals surface area contributed by atoms with Crippen LogP contribution in [0.15, 0.2) is 111 Å². The van der Waals surface area contributed by atoms with Crippen molar-refractivity contribution in [2.24, 2.45) is 0 Å². The van der Waals surface area contributed by atoms with E-state index in [1.165, 1.54) is 0 Å². The topological polar surface area (TPSA) is 0 Å². The van der Waals surface area contributed by atoms with Gasteiger partial charge in [-0.3, -0.25) is 0 Å². The predicted octanol–water partition coefficient (Wildman–Crippen LogP) is 7.15. The van der Waals surface area contributed by atoms with Gasteiger partial charge in [0.05, 0.1) is 0 Å². The molecule has 144 valence electrons. The second kappa shape index (κ2) is 9.49. The fraction of sp³-hybridized carbons (Fsp3) is 0.250. The summed E-state index contributed by atoms with van der Waals surface area (Å²) in [5.41, 5.74) is 20.7. The first-order chi connectivity index (χ1) is 12.9. The van der Waals surface area contributed by atoms with E-state index in [0.717, 1.165) is 19.3 Å². The number of hydrogen-bond acceptors (Lipinski definition) is 0. The van der Waals surface area contributed by atoms with Crippen molar-refractivity contribution in [3.05, 3.63) is 111 Å². The van der Waals surface area contributed by atoms with E-state index < -0.39 is 24.2 Å². The molecule has 0 radical (unpaired) electrons. The third-order valence-corrected chi connectivity index (χ3v) is 19.6. The molecule has 1 aliphatic rings. The van der Waals surface area contributed by atoms with E-state index in [1.54, 1.807) is 0 Å². The smallest absolute Gasteiger partial charge is 0.106 e. The van der Waals surface area contributed by atoms with Gasteiger partial charge in [0.2, 0.25) is 0 Å². The second-order valence-corrected chi connectivity index (χ2v) is 19.5. The lowest BCUT2D eigenvalue weighted by Gasteiger charge is -2.50. The third-order valence-electron chi connectivity index (χ3n) is 7.02. The molecule has 1 aliphatic carbocycles. The molecule has 0 aliphatic heterocycles. The first kappa shape index (κ1) is 23.4. The summed E-state index contributed by atoms with van der Waals surface area (Å²) in [6, 6.07) is 0. The summed E-state index contributed by atoms with van der Waals surface area (Å²) in [4.78, 5) is 0. The van der Waals surface area contributed by atoms with Crippen molar-refractivity contribution in [1.29, 1.82) is 0 Å². The zero-order valence-corrected chi connectivity index (χ0v) is 19.9. The van der Waals surface area contributed by atoms with Gasteiger partial charge >= 0.3 is 0 Å². The Bertz CT molecular complexity index is 589. The molecule has 3 atom stereocenters. The van der Waals surface area contributed by atoms with E-state index in [-0.39, 0.29) is 0 Å². The van der Waals surface area contributed by atoms with Crippen molar-refractivity contribution in [2.45, 2.75) is 35.9 Å². The lowest BCUT2D eigenvalue weighted by atomic mass is 9.98. The quantitative estimate of drug-likeness (QED) is 0.301. The second-order valence-electron chi connectivity index (χ2n) is 7.56. The van der Waals surface area contributed by atoms with Crippen molar-refractivity contribution in [3.63, 3.8) is 0 Å². The highest BCUT2D eigenvalue weighted by molar-refractivity contribution is 7.00. The van der Waals surface area contributed by atoms with Gasteiger partial charge in [-0.15, -0.1) is 59.2 Å². The van der Waals surface area contributed by atoms with Crippen LogP contribution >= 0.6 is 0 Å². The van der Waals surface area contributed by atoms with Crippen LogP contribution < -0.4 is 0 Å². The van der Waals surface area contributed by atoms with Gasteiger partial charge in [0.15, 0.2) is 0 Å². The Morgan fingerprint density at radius 3 is 1.11 bits per heavy atom. The lowest BCUT2D eigenvalue weighted by Crippen LogP contribution is -2.50. The lowest BCUT2D eigenvalue weighted by molar-refractivity contribution is 0.481. The fourth-order valence-electron chi connectivity index (χ4n) is 4.93. The number of hydrogen-bond donors (Lipinski definition) is 0. The molecule has 3 heteroatoms. The molecular formula is C24H36Si3. The molecule has 0 nitrogen and oxygen atoms in total. The molecule has 0 spiro atoms. The predicted molar refractivity (Wildman–Crippen MR) is 134 cm³/mol. The molecule has 0 N–H and O–H groups in total. The van der Waals surface area contributed by atoms with Crippen LogP contribution in [-0.4, -0.2) is 24.2 Å². The van der Waals surface area contributed by atoms with Gasteiger partial charge in [0.25, 0.3) is 0 Å². The summed E-state index contributed by atoms with van der Waals surface area (Å²) in [7, 11) is -6.08. The molecule has 3 unspecified atom stereocenters. The fourth-order valence-corrected chi connectivity index (χ4v) is 15.6. The van der Waals surface area contributed by atoms with Gasteiger partial charge in [-0.25, -0.2) is 0 Å². The highest BCUT2D eigenvalue weighted by Gasteiger charge is 2.51. The summed E-state index contributed by atoms with van der Waals surface area (Å²) in [5, 5.41) is 0. The molecule has 0 amide bonds. The standard InChI is InChI=1S/C24H36Si3/c1-10-25(11-2,12-3)22-19-20-23(26(13-4,14-5)15-6)24(21-22)27(16-7,17-8)18-9/h10-18,22-24H,1-9,19-21H2. The molecule has 1 fully saturated rings. The molecule has 0 bridgehead atoms. The van der Waals surface area contributed by atoms with Gasteiger partial charge in [-0.1, -0.05) is 70.6 Å². The van der Waals surface area contributed by atoms with Crippen LogP contribution in [0.1, 0.15) is 19.3 Å². The van der Waals surface area contributed by atoms with Crippen LogP contribution in [-0.2, 0) is 0 Å². The summed E-state index contributed by atoms with van der Waals surface area (Å²) in [5.74, 6) is 0. The summed E-state index contributed by atoms with van der Waals surface area (Å²) in [6.45, 7) is 37.6. The average Bonchev–Trinajstić information content (AvgIpc) is 2.74. The monoisotopic (exact) mass is 408 g/mol. The molecule has 1 rings (SSSR count). The highest BCUT2D eigenvalue weighted by atomic mass is 28.3. The summed E-state index contributed by atoms with van der Waals surface area (Å²) < 4.78 is 0. The van der Waals surface area contributed by atoms with Crippen LogP contribution in [0.3, 0.4) is 0 Å². The maximum absolute atomic E-state index is 4.20. The molecule has 0 aromatic heterocycles. The van der Waals surface area contributed by atoms with E-state index in [0.29, 0.717) is 16.6 Å². The molecule has 0 aromatic rings. The van der Waals surface area contributed by atoms with E-state index >= 15 is 0 Å². The zero-order valence-electron chi connectivity index (χ0n) is 16.9. The Morgan fingerprint density at radius 1 is 0.444 bits per heavy atom. The van der Waals surface area contributed by atoms with Crippen LogP contribution in [0.4, 0.5) is 0 Å². The minimum atomic E-state index is -2.09. The molecule has 27 heavy (non-hydrogen) atoms. The SMILES string of the molecule is C=C[Si](C=C)(C=C)C1CCC([Si](C=C)(C=C)C=C)C([Si](C=C)(C=C)C=C)C1. The summed E-state index contributed by atoms with van der Waals surface area (Å²) in [6.07, 6.45) is 3.37. The van der Waals surface area contributed by atoms with Gasteiger partial charge < -0.3 is 0 Å². The third kappa shape index (κ3) is 3.82. The Hall–Kier alpha value is -1.69. The maximum atomic E-state index is 4.20. The van der Waals surface area contributed by atoms with E-state index in [2.05, 4.69) is 111 Å². The molecule has 0 heterocycles. The Kier molecular flexibility index (Phi) is 8.21. The minimum Gasteiger partial charge on any atom is -0.106 e. The largest absolute Gasteiger partial charge is 0.127 e. The van der Waals surface area contributed by atoms with Gasteiger partial charge in [0, 0.05) is 0 Å². The Balaban J connectivity index is 3.60. The molecule has 0 aromatic carbocycles. The van der Waals surface area contributed by atoms with E-state index in [1.807, 2.05) is 0 Å². The molecule has 1 saturated carbocycles. The number of rotatable bonds is 12. The average molecular weight is 409 g/mol. The van der Waals surface area contributed by atoms with Crippen molar-refractivity contribution < 1.29 is 0 Å². The highest BCUT2D eigenvalue weighted by Crippen LogP contribution is 2.57. The normalized spacial score (nSPS) is 23.3. The molecule has 0 saturated heterocycles. The van der Waals surface area contributed by atoms with Crippen molar-refractivity contribution in [2.75, 3.05) is 0 Å². The zero-order chi connectivity index (χ0) is 20.7.